The first kappa shape index (κ1) is 31.5. The Morgan fingerprint density at radius 2 is 1.67 bits per heavy atom. The molecule has 0 spiro atoms. The maximum absolute atomic E-state index is 9.48. The second-order valence-electron chi connectivity index (χ2n) is 10.2. The minimum absolute atomic E-state index is 0.350. The molecule has 3 aromatic heterocycles. The summed E-state index contributed by atoms with van der Waals surface area (Å²) in [6.45, 7) is 14.8. The normalized spacial score (nSPS) is 18.2. The Bertz CT molecular complexity index is 1600. The molecular formula is C35H44N8. The molecule has 2 bridgehead atoms. The Morgan fingerprint density at radius 3 is 2.28 bits per heavy atom. The Labute approximate surface area is 256 Å². The van der Waals surface area contributed by atoms with Gasteiger partial charge in [0, 0.05) is 31.5 Å². The van der Waals surface area contributed by atoms with Gasteiger partial charge in [0.1, 0.15) is 11.3 Å². The van der Waals surface area contributed by atoms with Gasteiger partial charge in [-0.25, -0.2) is 15.0 Å². The zero-order valence-corrected chi connectivity index (χ0v) is 26.3. The number of pyridine rings is 2. The fraction of sp³-hybridized carbons (Fsp3) is 0.371. The van der Waals surface area contributed by atoms with E-state index >= 15 is 0 Å². The quantitative estimate of drug-likeness (QED) is 0.191. The van der Waals surface area contributed by atoms with Gasteiger partial charge in [0.15, 0.2) is 17.7 Å². The van der Waals surface area contributed by atoms with Crippen molar-refractivity contribution in [2.75, 3.05) is 18.8 Å². The zero-order valence-electron chi connectivity index (χ0n) is 26.3. The summed E-state index contributed by atoms with van der Waals surface area (Å²) in [4.78, 5) is 18.8. The van der Waals surface area contributed by atoms with Gasteiger partial charge in [-0.15, -0.1) is 0 Å². The summed E-state index contributed by atoms with van der Waals surface area (Å²) >= 11 is 0. The van der Waals surface area contributed by atoms with Crippen LogP contribution < -0.4 is 5.73 Å². The number of likely N-dealkylation sites (tertiary alicyclic amines) is 1. The third-order valence-corrected chi connectivity index (χ3v) is 7.81. The lowest BCUT2D eigenvalue weighted by atomic mass is 10.1. The largest absolute Gasteiger partial charge is 0.383 e. The van der Waals surface area contributed by atoms with Crippen molar-refractivity contribution < 1.29 is 0 Å². The van der Waals surface area contributed by atoms with Crippen molar-refractivity contribution in [2.45, 2.75) is 73.0 Å². The number of hydrogen-bond donors (Lipinski definition) is 1. The lowest BCUT2D eigenvalue weighted by Crippen LogP contribution is -2.51. The highest BCUT2D eigenvalue weighted by Gasteiger charge is 2.39. The van der Waals surface area contributed by atoms with Crippen molar-refractivity contribution in [3.63, 3.8) is 0 Å². The molecule has 43 heavy (non-hydrogen) atoms. The Morgan fingerprint density at radius 1 is 0.977 bits per heavy atom. The predicted octanol–water partition coefficient (Wildman–Crippen LogP) is 7.23. The van der Waals surface area contributed by atoms with Crippen molar-refractivity contribution in [1.82, 2.24) is 29.3 Å². The second-order valence-corrected chi connectivity index (χ2v) is 10.2. The van der Waals surface area contributed by atoms with Gasteiger partial charge in [0.25, 0.3) is 0 Å². The summed E-state index contributed by atoms with van der Waals surface area (Å²) in [5, 5.41) is 9.48. The van der Waals surface area contributed by atoms with E-state index < -0.39 is 0 Å². The fourth-order valence-electron chi connectivity index (χ4n) is 5.95. The van der Waals surface area contributed by atoms with Crippen molar-refractivity contribution in [1.29, 1.82) is 5.26 Å². The predicted molar refractivity (Wildman–Crippen MR) is 177 cm³/mol. The van der Waals surface area contributed by atoms with Crippen molar-refractivity contribution in [2.24, 2.45) is 0 Å². The molecule has 2 saturated heterocycles. The molecule has 1 aromatic carbocycles. The Hall–Kier alpha value is -4.48. The Balaban J connectivity index is 0.00000102. The number of fused-ring (bicyclic) bond motifs is 3. The topological polar surface area (TPSA) is 99.9 Å². The number of nitrogen functional groups attached to an aromatic ring is 1. The highest BCUT2D eigenvalue weighted by Crippen LogP contribution is 2.32. The third-order valence-electron chi connectivity index (χ3n) is 7.81. The number of imidazole rings is 1. The Kier molecular flexibility index (Phi) is 10.7. The number of nitriles is 1. The van der Waals surface area contributed by atoms with Crippen LogP contribution in [0.4, 0.5) is 5.82 Å². The summed E-state index contributed by atoms with van der Waals surface area (Å²) in [6, 6.07) is 17.2. The summed E-state index contributed by atoms with van der Waals surface area (Å²) in [5.74, 6) is 1.14. The number of nitrogens with two attached hydrogens (primary N) is 1. The average Bonchev–Trinajstić information content (AvgIpc) is 3.55. The van der Waals surface area contributed by atoms with E-state index in [2.05, 4.69) is 57.1 Å². The van der Waals surface area contributed by atoms with E-state index in [9.17, 15) is 5.26 Å². The van der Waals surface area contributed by atoms with Crippen molar-refractivity contribution in [3.05, 3.63) is 84.2 Å². The molecule has 2 unspecified atom stereocenters. The lowest BCUT2D eigenvalue weighted by Gasteiger charge is -2.37. The van der Waals surface area contributed by atoms with E-state index in [0.717, 1.165) is 66.2 Å². The first-order valence-corrected chi connectivity index (χ1v) is 15.5. The summed E-state index contributed by atoms with van der Waals surface area (Å²) in [6.07, 6.45) is 12.5. The maximum Gasteiger partial charge on any atom is 0.179 e. The molecule has 0 radical (unpaired) electrons. The summed E-state index contributed by atoms with van der Waals surface area (Å²) in [7, 11) is 0. The molecule has 8 nitrogen and oxygen atoms in total. The van der Waals surface area contributed by atoms with E-state index in [1.54, 1.807) is 6.20 Å². The van der Waals surface area contributed by atoms with Gasteiger partial charge < -0.3 is 10.6 Å². The van der Waals surface area contributed by atoms with Gasteiger partial charge in [0.05, 0.1) is 23.3 Å². The first-order chi connectivity index (χ1) is 21.1. The highest BCUT2D eigenvalue weighted by atomic mass is 15.3. The minimum atomic E-state index is 0.350. The van der Waals surface area contributed by atoms with Crippen LogP contribution in [-0.2, 0) is 6.54 Å². The molecule has 6 rings (SSSR count). The van der Waals surface area contributed by atoms with Gasteiger partial charge in [-0.2, -0.15) is 5.26 Å². The van der Waals surface area contributed by atoms with Crippen LogP contribution >= 0.6 is 0 Å². The molecule has 5 heterocycles. The van der Waals surface area contributed by atoms with Gasteiger partial charge in [-0.05, 0) is 74.2 Å². The van der Waals surface area contributed by atoms with Crippen LogP contribution in [0, 0.1) is 11.5 Å². The lowest BCUT2D eigenvalue weighted by molar-refractivity contribution is 0.106. The van der Waals surface area contributed by atoms with Crippen LogP contribution in [0.3, 0.4) is 0 Å². The number of piperazine rings is 1. The van der Waals surface area contributed by atoms with Crippen LogP contribution in [0.5, 0.6) is 0 Å². The molecule has 0 amide bonds. The van der Waals surface area contributed by atoms with E-state index in [1.165, 1.54) is 5.56 Å². The smallest absolute Gasteiger partial charge is 0.179 e. The molecule has 0 aliphatic carbocycles. The molecule has 8 heteroatoms. The molecule has 224 valence electrons. The molecule has 2 aliphatic rings. The SMILES string of the molecule is C/C=C\C(=C/C)c1ccc2nc(-c3cccnc3N)n(-c3ccc(CN4CC5CCC(C4)N5C#N)cc3)c2n1.CC.CC. The number of anilines is 1. The van der Waals surface area contributed by atoms with Crippen molar-refractivity contribution in [3.8, 4) is 23.3 Å². The summed E-state index contributed by atoms with van der Waals surface area (Å²) in [5.41, 5.74) is 12.8. The number of hydrogen-bond acceptors (Lipinski definition) is 7. The maximum atomic E-state index is 9.48. The summed E-state index contributed by atoms with van der Waals surface area (Å²) < 4.78 is 2.07. The van der Waals surface area contributed by atoms with Crippen LogP contribution in [0.15, 0.2) is 73.0 Å². The molecule has 2 aliphatic heterocycles. The van der Waals surface area contributed by atoms with Crippen LogP contribution in [0.1, 0.15) is 65.6 Å². The van der Waals surface area contributed by atoms with E-state index in [4.69, 9.17) is 15.7 Å². The minimum Gasteiger partial charge on any atom is -0.383 e. The number of aromatic nitrogens is 4. The number of nitrogens with zero attached hydrogens (tertiary/aromatic N) is 7. The standard InChI is InChI=1S/C31H32N8.2C2H6/c1-3-6-22(4-2)27-14-15-28-31(35-27)39(30(36-28)26-7-5-16-34-29(26)33)23-10-8-21(9-11-23)17-37-18-24-12-13-25(19-37)38(24)20-32;2*1-2/h3-11,14-16,24-25H,12-13,17-19H2,1-2H3,(H2,33,34);2*1-2H3/b6-3-,22-4+;;. The number of rotatable bonds is 6. The average molecular weight is 577 g/mol. The molecule has 4 aromatic rings. The fourth-order valence-corrected chi connectivity index (χ4v) is 5.95. The second kappa shape index (κ2) is 14.6. The monoisotopic (exact) mass is 576 g/mol. The number of benzene rings is 1. The van der Waals surface area contributed by atoms with Crippen LogP contribution in [0.25, 0.3) is 33.8 Å². The van der Waals surface area contributed by atoms with E-state index in [-0.39, 0.29) is 0 Å². The molecule has 2 N–H and O–H groups in total. The van der Waals surface area contributed by atoms with Gasteiger partial charge in [-0.1, -0.05) is 58.1 Å². The van der Waals surface area contributed by atoms with Crippen molar-refractivity contribution >= 4 is 22.6 Å². The van der Waals surface area contributed by atoms with Gasteiger partial charge >= 0.3 is 0 Å². The molecule has 2 atom stereocenters. The van der Waals surface area contributed by atoms with E-state index in [1.807, 2.05) is 76.8 Å². The van der Waals surface area contributed by atoms with Crippen LogP contribution in [0.2, 0.25) is 0 Å². The van der Waals surface area contributed by atoms with Gasteiger partial charge in [0.2, 0.25) is 0 Å². The number of allylic oxidation sites excluding steroid dienone is 4. The highest BCUT2D eigenvalue weighted by molar-refractivity contribution is 5.85. The first-order valence-electron chi connectivity index (χ1n) is 15.5. The van der Waals surface area contributed by atoms with Crippen LogP contribution in [-0.4, -0.2) is 54.5 Å². The molecule has 0 saturated carbocycles. The van der Waals surface area contributed by atoms with E-state index in [0.29, 0.717) is 23.7 Å². The molecular weight excluding hydrogens is 532 g/mol. The zero-order chi connectivity index (χ0) is 30.9. The third kappa shape index (κ3) is 6.47. The molecule has 2 fully saturated rings. The van der Waals surface area contributed by atoms with Gasteiger partial charge in [-0.3, -0.25) is 9.47 Å².